The van der Waals surface area contributed by atoms with Crippen molar-refractivity contribution in [2.24, 2.45) is 0 Å². The van der Waals surface area contributed by atoms with Crippen LogP contribution >= 0.6 is 0 Å². The van der Waals surface area contributed by atoms with Crippen LogP contribution in [0.4, 0.5) is 0 Å². The Balaban J connectivity index is 1.91. The van der Waals surface area contributed by atoms with E-state index in [0.717, 1.165) is 12.8 Å². The van der Waals surface area contributed by atoms with Crippen LogP contribution < -0.4 is 5.56 Å². The van der Waals surface area contributed by atoms with Gasteiger partial charge in [-0.15, -0.1) is 0 Å². The van der Waals surface area contributed by atoms with Crippen LogP contribution in [0.25, 0.3) is 0 Å². The Morgan fingerprint density at radius 3 is 2.81 bits per heavy atom. The van der Waals surface area contributed by atoms with Gasteiger partial charge in [0.2, 0.25) is 5.88 Å². The second-order valence-corrected chi connectivity index (χ2v) is 5.61. The summed E-state index contributed by atoms with van der Waals surface area (Å²) in [7, 11) is 0. The Kier molecular flexibility index (Phi) is 5.40. The summed E-state index contributed by atoms with van der Waals surface area (Å²) in [6.07, 6.45) is 6.99. The van der Waals surface area contributed by atoms with Crippen LogP contribution in [0.2, 0.25) is 0 Å². The highest BCUT2D eigenvalue weighted by atomic mass is 16.5. The van der Waals surface area contributed by atoms with Crippen molar-refractivity contribution < 1.29 is 9.84 Å². The molecule has 1 N–H and O–H groups in total. The molecule has 0 aliphatic heterocycles. The van der Waals surface area contributed by atoms with E-state index in [1.54, 1.807) is 6.92 Å². The number of nitrogens with zero attached hydrogens (tertiary/aromatic N) is 2. The maximum absolute atomic E-state index is 11.9. The summed E-state index contributed by atoms with van der Waals surface area (Å²) >= 11 is 0. The molecular formula is C16H22N2O3. The van der Waals surface area contributed by atoms with Gasteiger partial charge < -0.3 is 9.84 Å². The molecule has 0 atom stereocenters. The molecule has 5 heteroatoms. The van der Waals surface area contributed by atoms with Crippen molar-refractivity contribution in [2.75, 3.05) is 6.61 Å². The van der Waals surface area contributed by atoms with E-state index in [1.807, 2.05) is 6.07 Å². The second kappa shape index (κ2) is 7.28. The van der Waals surface area contributed by atoms with E-state index in [1.165, 1.54) is 29.9 Å². The lowest BCUT2D eigenvalue weighted by Crippen LogP contribution is -2.23. The number of hydrogen-bond acceptors (Lipinski definition) is 4. The summed E-state index contributed by atoms with van der Waals surface area (Å²) in [5.74, 6) is -0.236. The van der Waals surface area contributed by atoms with Crippen molar-refractivity contribution in [2.45, 2.75) is 58.1 Å². The topological polar surface area (TPSA) is 75.2 Å². The molecule has 0 bridgehead atoms. The van der Waals surface area contributed by atoms with Gasteiger partial charge in [-0.05, 0) is 31.7 Å². The highest BCUT2D eigenvalue weighted by molar-refractivity contribution is 5.43. The first-order chi connectivity index (χ1) is 10.1. The quantitative estimate of drug-likeness (QED) is 0.845. The predicted octanol–water partition coefficient (Wildman–Crippen LogP) is 2.47. The minimum Gasteiger partial charge on any atom is -0.493 e. The smallest absolute Gasteiger partial charge is 0.253 e. The number of nitriles is 1. The third-order valence-electron chi connectivity index (χ3n) is 4.02. The molecule has 0 aromatic carbocycles. The van der Waals surface area contributed by atoms with Crippen LogP contribution in [-0.4, -0.2) is 22.4 Å². The molecule has 1 fully saturated rings. The summed E-state index contributed by atoms with van der Waals surface area (Å²) < 4.78 is 7.05. The Morgan fingerprint density at radius 2 is 2.14 bits per heavy atom. The van der Waals surface area contributed by atoms with Crippen LogP contribution in [0.3, 0.4) is 0 Å². The SMILES string of the molecule is Cc1cc(=O)n(CCCOC2CCCCC2)c(O)c1C#N. The van der Waals surface area contributed by atoms with Gasteiger partial charge >= 0.3 is 0 Å². The van der Waals surface area contributed by atoms with E-state index < -0.39 is 0 Å². The van der Waals surface area contributed by atoms with Crippen molar-refractivity contribution in [3.63, 3.8) is 0 Å². The summed E-state index contributed by atoms with van der Waals surface area (Å²) in [5.41, 5.74) is 0.402. The monoisotopic (exact) mass is 290 g/mol. The molecule has 0 spiro atoms. The number of rotatable bonds is 5. The molecule has 1 aromatic rings. The Hall–Kier alpha value is -1.80. The molecular weight excluding hydrogens is 268 g/mol. The molecule has 0 radical (unpaired) electrons. The van der Waals surface area contributed by atoms with E-state index >= 15 is 0 Å². The van der Waals surface area contributed by atoms with Gasteiger partial charge in [0.1, 0.15) is 11.6 Å². The van der Waals surface area contributed by atoms with Crippen LogP contribution in [0.15, 0.2) is 10.9 Å². The van der Waals surface area contributed by atoms with Crippen molar-refractivity contribution >= 4 is 0 Å². The molecule has 1 aromatic heterocycles. The number of aromatic hydroxyl groups is 1. The number of hydrogen-bond donors (Lipinski definition) is 1. The van der Waals surface area contributed by atoms with Gasteiger partial charge in [-0.3, -0.25) is 9.36 Å². The second-order valence-electron chi connectivity index (χ2n) is 5.61. The van der Waals surface area contributed by atoms with Gasteiger partial charge in [0, 0.05) is 19.2 Å². The molecule has 2 rings (SSSR count). The molecule has 1 aliphatic rings. The van der Waals surface area contributed by atoms with Gasteiger partial charge in [-0.2, -0.15) is 5.26 Å². The summed E-state index contributed by atoms with van der Waals surface area (Å²) in [4.78, 5) is 11.9. The van der Waals surface area contributed by atoms with Crippen molar-refractivity contribution in [1.82, 2.24) is 4.57 Å². The molecule has 0 saturated heterocycles. The normalized spacial score (nSPS) is 15.8. The van der Waals surface area contributed by atoms with Gasteiger partial charge in [-0.25, -0.2) is 0 Å². The molecule has 114 valence electrons. The molecule has 0 amide bonds. The first kappa shape index (κ1) is 15.6. The van der Waals surface area contributed by atoms with Gasteiger partial charge in [0.05, 0.1) is 6.10 Å². The fourth-order valence-corrected chi connectivity index (χ4v) is 2.81. The molecule has 21 heavy (non-hydrogen) atoms. The highest BCUT2D eigenvalue weighted by Gasteiger charge is 2.14. The average Bonchev–Trinajstić information content (AvgIpc) is 2.47. The van der Waals surface area contributed by atoms with E-state index in [0.29, 0.717) is 31.2 Å². The van der Waals surface area contributed by atoms with E-state index in [-0.39, 0.29) is 17.0 Å². The maximum Gasteiger partial charge on any atom is 0.253 e. The first-order valence-electron chi connectivity index (χ1n) is 7.58. The zero-order valence-corrected chi connectivity index (χ0v) is 12.5. The van der Waals surface area contributed by atoms with Crippen LogP contribution in [0.5, 0.6) is 5.88 Å². The lowest BCUT2D eigenvalue weighted by molar-refractivity contribution is 0.0254. The highest BCUT2D eigenvalue weighted by Crippen LogP contribution is 2.21. The number of ether oxygens (including phenoxy) is 1. The lowest BCUT2D eigenvalue weighted by atomic mass is 9.98. The zero-order chi connectivity index (χ0) is 15.2. The maximum atomic E-state index is 11.9. The van der Waals surface area contributed by atoms with E-state index in [4.69, 9.17) is 10.00 Å². The summed E-state index contributed by atoms with van der Waals surface area (Å²) in [6, 6.07) is 3.32. The standard InChI is InChI=1S/C16H22N2O3/c1-12-10-15(19)18(16(20)14(12)11-17)8-5-9-21-13-6-3-2-4-7-13/h10,13,20H,2-9H2,1H3. The zero-order valence-electron chi connectivity index (χ0n) is 12.5. The van der Waals surface area contributed by atoms with Crippen LogP contribution in [-0.2, 0) is 11.3 Å². The Labute approximate surface area is 124 Å². The predicted molar refractivity (Wildman–Crippen MR) is 79.3 cm³/mol. The van der Waals surface area contributed by atoms with E-state index in [9.17, 15) is 9.90 Å². The first-order valence-corrected chi connectivity index (χ1v) is 7.58. The average molecular weight is 290 g/mol. The largest absolute Gasteiger partial charge is 0.493 e. The van der Waals surface area contributed by atoms with Crippen LogP contribution in [0, 0.1) is 18.3 Å². The summed E-state index contributed by atoms with van der Waals surface area (Å²) in [5, 5.41) is 19.0. The van der Waals surface area contributed by atoms with E-state index in [2.05, 4.69) is 0 Å². The molecule has 1 heterocycles. The Morgan fingerprint density at radius 1 is 1.43 bits per heavy atom. The van der Waals surface area contributed by atoms with Gasteiger partial charge in [0.25, 0.3) is 5.56 Å². The van der Waals surface area contributed by atoms with Gasteiger partial charge in [-0.1, -0.05) is 19.3 Å². The number of pyridine rings is 1. The van der Waals surface area contributed by atoms with Crippen LogP contribution in [0.1, 0.15) is 49.7 Å². The third-order valence-corrected chi connectivity index (χ3v) is 4.02. The van der Waals surface area contributed by atoms with Crippen molar-refractivity contribution in [1.29, 1.82) is 5.26 Å². The Bertz CT molecular complexity index is 580. The lowest BCUT2D eigenvalue weighted by Gasteiger charge is -2.22. The fourth-order valence-electron chi connectivity index (χ4n) is 2.81. The fraction of sp³-hybridized carbons (Fsp3) is 0.625. The van der Waals surface area contributed by atoms with Crippen molar-refractivity contribution in [3.05, 3.63) is 27.5 Å². The third kappa shape index (κ3) is 3.85. The minimum atomic E-state index is -0.276. The minimum absolute atomic E-state index is 0.169. The summed E-state index contributed by atoms with van der Waals surface area (Å²) in [6.45, 7) is 2.59. The molecule has 0 unspecified atom stereocenters. The number of aryl methyl sites for hydroxylation is 1. The molecule has 5 nitrogen and oxygen atoms in total. The number of aromatic nitrogens is 1. The van der Waals surface area contributed by atoms with Gasteiger partial charge in [0.15, 0.2) is 0 Å². The van der Waals surface area contributed by atoms with Crippen molar-refractivity contribution in [3.8, 4) is 11.9 Å². The molecule has 1 aliphatic carbocycles. The molecule has 1 saturated carbocycles.